The van der Waals surface area contributed by atoms with Crippen molar-refractivity contribution in [3.63, 3.8) is 0 Å². The zero-order valence-electron chi connectivity index (χ0n) is 16.8. The number of pyridine rings is 1. The van der Waals surface area contributed by atoms with Gasteiger partial charge in [-0.3, -0.25) is 4.79 Å². The highest BCUT2D eigenvalue weighted by Gasteiger charge is 2.50. The van der Waals surface area contributed by atoms with Crippen molar-refractivity contribution in [1.82, 2.24) is 9.88 Å². The Morgan fingerprint density at radius 2 is 2.11 bits per heavy atom. The fourth-order valence-corrected chi connectivity index (χ4v) is 2.91. The van der Waals surface area contributed by atoms with Crippen molar-refractivity contribution in [1.29, 1.82) is 0 Å². The number of nitrogens with one attached hydrogen (secondary N) is 1. The fraction of sp³-hybridized carbons (Fsp3) is 0.455. The number of alkyl halides is 1. The third kappa shape index (κ3) is 5.28. The van der Waals surface area contributed by atoms with Crippen LogP contribution in [0, 0.1) is 0 Å². The molecule has 1 fully saturated rings. The Morgan fingerprint density at radius 3 is 2.67 bits per heavy atom. The molecule has 1 N–H and O–H groups in total. The molecule has 4 nitrogen and oxygen atoms in total. The Bertz CT molecular complexity index is 853. The minimum absolute atomic E-state index is 0.282. The molecule has 5 heteroatoms. The first-order valence-electron chi connectivity index (χ1n) is 9.56. The molecule has 0 bridgehead atoms. The lowest BCUT2D eigenvalue weighted by atomic mass is 10.1. The maximum Gasteiger partial charge on any atom is 0.263 e. The number of likely N-dealkylation sites (N-methyl/N-ethyl adjacent to an activating group) is 1. The number of amides is 1. The number of hydrogen-bond donors (Lipinski definition) is 1. The van der Waals surface area contributed by atoms with E-state index in [0.717, 1.165) is 41.1 Å². The highest BCUT2D eigenvalue weighted by Crippen LogP contribution is 2.40. The topological polar surface area (TPSA) is 45.2 Å². The molecule has 1 saturated carbocycles. The second-order valence-electron chi connectivity index (χ2n) is 7.03. The predicted octanol–water partition coefficient (Wildman–Crippen LogP) is 3.30. The smallest absolute Gasteiger partial charge is 0.263 e. The van der Waals surface area contributed by atoms with E-state index in [2.05, 4.69) is 35.8 Å². The van der Waals surface area contributed by atoms with Crippen molar-refractivity contribution in [2.75, 3.05) is 18.9 Å². The molecule has 0 aromatic carbocycles. The quantitative estimate of drug-likeness (QED) is 0.713. The van der Waals surface area contributed by atoms with Gasteiger partial charge in [-0.15, -0.1) is 0 Å². The summed E-state index contributed by atoms with van der Waals surface area (Å²) in [7, 11) is 2.06. The van der Waals surface area contributed by atoms with E-state index in [1.54, 1.807) is 12.3 Å². The summed E-state index contributed by atoms with van der Waals surface area (Å²) in [5.41, 5.74) is 0.227. The van der Waals surface area contributed by atoms with Crippen molar-refractivity contribution < 1.29 is 9.18 Å². The van der Waals surface area contributed by atoms with Crippen molar-refractivity contribution >= 4 is 23.9 Å². The van der Waals surface area contributed by atoms with E-state index < -0.39 is 11.6 Å². The molecule has 1 amide bonds. The van der Waals surface area contributed by atoms with E-state index in [0.29, 0.717) is 5.82 Å². The molecule has 1 aliphatic rings. The predicted molar refractivity (Wildman–Crippen MR) is 110 cm³/mol. The summed E-state index contributed by atoms with van der Waals surface area (Å²) in [5.74, 6) is -0.253. The molecule has 2 rings (SSSR count). The normalized spacial score (nSPS) is 17.0. The molecule has 0 atom stereocenters. The molecule has 0 aliphatic heterocycles. The van der Waals surface area contributed by atoms with Gasteiger partial charge in [0.15, 0.2) is 5.67 Å². The van der Waals surface area contributed by atoms with Crippen LogP contribution in [0.3, 0.4) is 0 Å². The zero-order valence-corrected chi connectivity index (χ0v) is 16.8. The number of carbonyl (C=O) groups excluding carboxylic acids is 1. The second-order valence-corrected chi connectivity index (χ2v) is 7.03. The molecule has 1 aromatic heterocycles. The van der Waals surface area contributed by atoms with Gasteiger partial charge in [-0.2, -0.15) is 0 Å². The lowest BCUT2D eigenvalue weighted by Gasteiger charge is -2.22. The van der Waals surface area contributed by atoms with E-state index in [1.165, 1.54) is 0 Å². The maximum atomic E-state index is 13.9. The number of nitrogens with zero attached hydrogens (tertiary/aromatic N) is 2. The van der Waals surface area contributed by atoms with Crippen LogP contribution >= 0.6 is 0 Å². The zero-order chi connectivity index (χ0) is 20.0. The maximum absolute atomic E-state index is 13.9. The van der Waals surface area contributed by atoms with Crippen LogP contribution in [0.2, 0.25) is 0 Å². The number of aromatic nitrogens is 1. The minimum atomic E-state index is -1.72. The average molecular weight is 372 g/mol. The molecule has 1 heterocycles. The average Bonchev–Trinajstić information content (AvgIpc) is 3.39. The van der Waals surface area contributed by atoms with E-state index in [1.807, 2.05) is 32.1 Å². The monoisotopic (exact) mass is 371 g/mol. The summed E-state index contributed by atoms with van der Waals surface area (Å²) < 4.78 is 13.9. The number of rotatable bonds is 8. The third-order valence-corrected chi connectivity index (χ3v) is 4.81. The summed E-state index contributed by atoms with van der Waals surface area (Å²) >= 11 is 0. The molecular weight excluding hydrogens is 341 g/mol. The summed E-state index contributed by atoms with van der Waals surface area (Å²) in [5, 5.41) is 4.41. The first-order valence-corrected chi connectivity index (χ1v) is 9.56. The largest absolute Gasteiger partial charge is 0.374 e. The number of halogens is 1. The Morgan fingerprint density at radius 1 is 1.41 bits per heavy atom. The van der Waals surface area contributed by atoms with E-state index in [9.17, 15) is 9.18 Å². The number of anilines is 1. The van der Waals surface area contributed by atoms with E-state index >= 15 is 0 Å². The van der Waals surface area contributed by atoms with Crippen LogP contribution < -0.4 is 15.8 Å². The summed E-state index contributed by atoms with van der Waals surface area (Å²) in [6.45, 7) is 11.3. The van der Waals surface area contributed by atoms with Crippen LogP contribution in [0.5, 0.6) is 0 Å². The molecule has 146 valence electrons. The van der Waals surface area contributed by atoms with E-state index in [4.69, 9.17) is 0 Å². The van der Waals surface area contributed by atoms with Crippen LogP contribution in [-0.2, 0) is 4.79 Å². The number of allylic oxidation sites excluding steroid dienone is 2. The van der Waals surface area contributed by atoms with Gasteiger partial charge < -0.3 is 10.2 Å². The lowest BCUT2D eigenvalue weighted by molar-refractivity contribution is -0.122. The van der Waals surface area contributed by atoms with Gasteiger partial charge in [-0.25, -0.2) is 9.37 Å². The first-order chi connectivity index (χ1) is 12.8. The van der Waals surface area contributed by atoms with Crippen LogP contribution in [0.1, 0.15) is 46.5 Å². The van der Waals surface area contributed by atoms with Crippen LogP contribution in [0.4, 0.5) is 10.2 Å². The highest BCUT2D eigenvalue weighted by molar-refractivity contribution is 5.98. The van der Waals surface area contributed by atoms with Gasteiger partial charge in [0.05, 0.1) is 0 Å². The molecule has 0 unspecified atom stereocenters. The first kappa shape index (κ1) is 20.9. The van der Waals surface area contributed by atoms with Gasteiger partial charge >= 0.3 is 0 Å². The van der Waals surface area contributed by atoms with Crippen molar-refractivity contribution in [3.8, 4) is 0 Å². The Balaban J connectivity index is 2.30. The Kier molecular flexibility index (Phi) is 6.94. The fourth-order valence-electron chi connectivity index (χ4n) is 2.91. The molecule has 27 heavy (non-hydrogen) atoms. The van der Waals surface area contributed by atoms with Crippen molar-refractivity contribution in [3.05, 3.63) is 46.6 Å². The summed E-state index contributed by atoms with van der Waals surface area (Å²) in [4.78, 5) is 18.4. The highest BCUT2D eigenvalue weighted by atomic mass is 19.1. The van der Waals surface area contributed by atoms with E-state index in [-0.39, 0.29) is 12.8 Å². The number of carbonyl (C=O) groups is 1. The summed E-state index contributed by atoms with van der Waals surface area (Å²) in [6.07, 6.45) is 10.5. The lowest BCUT2D eigenvalue weighted by Crippen LogP contribution is -2.30. The van der Waals surface area contributed by atoms with Gasteiger partial charge in [0.2, 0.25) is 0 Å². The van der Waals surface area contributed by atoms with Gasteiger partial charge in [-0.05, 0) is 61.3 Å². The SMILES string of the molecule is C=C(/C=c1/cc(NC(=O)C2(F)CC2)nc/c1=C/C)/C(=C/C)N(C)CCCC. The van der Waals surface area contributed by atoms with Crippen LogP contribution in [0.15, 0.2) is 36.2 Å². The molecule has 1 aromatic rings. The third-order valence-electron chi connectivity index (χ3n) is 4.81. The van der Waals surface area contributed by atoms with Gasteiger partial charge in [-0.1, -0.05) is 32.1 Å². The Hall–Kier alpha value is -2.43. The number of unbranched alkanes of at least 4 members (excludes halogenated alkanes) is 1. The van der Waals surface area contributed by atoms with Crippen LogP contribution in [-0.4, -0.2) is 35.1 Å². The molecule has 0 spiro atoms. The van der Waals surface area contributed by atoms with Crippen molar-refractivity contribution in [2.45, 2.75) is 52.1 Å². The molecular formula is C22H30FN3O. The van der Waals surface area contributed by atoms with Gasteiger partial charge in [0.25, 0.3) is 5.91 Å². The van der Waals surface area contributed by atoms with Crippen molar-refractivity contribution in [2.24, 2.45) is 0 Å². The molecule has 0 radical (unpaired) electrons. The number of hydrogen-bond acceptors (Lipinski definition) is 3. The standard InChI is InChI=1S/C22H30FN3O/c1-6-9-12-26(5)19(8-3)16(4)13-18-14-20(24-15-17(18)7-2)25-21(27)22(23)10-11-22/h7-8,13-15H,4,6,9-12H2,1-3,5H3,(H,25,27)/b17-7-,18-13-,19-8-. The molecule has 1 aliphatic carbocycles. The second kappa shape index (κ2) is 8.98. The van der Waals surface area contributed by atoms with Gasteiger partial charge in [0, 0.05) is 25.5 Å². The molecule has 0 saturated heterocycles. The van der Waals surface area contributed by atoms with Gasteiger partial charge in [0.1, 0.15) is 5.82 Å². The van der Waals surface area contributed by atoms with Crippen LogP contribution in [0.25, 0.3) is 12.2 Å². The Labute approximate surface area is 161 Å². The minimum Gasteiger partial charge on any atom is -0.374 e. The summed E-state index contributed by atoms with van der Waals surface area (Å²) in [6, 6.07) is 1.77.